The van der Waals surface area contributed by atoms with Crippen molar-refractivity contribution in [3.63, 3.8) is 0 Å². The zero-order valence-corrected chi connectivity index (χ0v) is 15.9. The van der Waals surface area contributed by atoms with E-state index in [0.717, 1.165) is 41.4 Å². The van der Waals surface area contributed by atoms with Crippen LogP contribution in [0.2, 0.25) is 0 Å². The number of aryl methyl sites for hydroxylation is 2. The molecule has 3 aromatic rings. The normalized spacial score (nSPS) is 13.9. The Kier molecular flexibility index (Phi) is 5.15. The number of furan rings is 1. The minimum atomic E-state index is -0.439. The number of carbonyl (C=O) groups is 2. The Morgan fingerprint density at radius 3 is 2.68 bits per heavy atom. The smallest absolute Gasteiger partial charge is 0.310 e. The van der Waals surface area contributed by atoms with Crippen LogP contribution in [0.5, 0.6) is 0 Å². The molecule has 0 spiro atoms. The van der Waals surface area contributed by atoms with E-state index in [-0.39, 0.29) is 25.0 Å². The van der Waals surface area contributed by atoms with Crippen molar-refractivity contribution in [3.8, 4) is 0 Å². The molecule has 144 valence electrons. The lowest BCUT2D eigenvalue weighted by Gasteiger charge is -2.14. The van der Waals surface area contributed by atoms with Gasteiger partial charge in [0.25, 0.3) is 5.91 Å². The van der Waals surface area contributed by atoms with Crippen molar-refractivity contribution >= 4 is 22.8 Å². The highest BCUT2D eigenvalue weighted by atomic mass is 16.5. The van der Waals surface area contributed by atoms with Crippen LogP contribution in [0.15, 0.2) is 53.1 Å². The molecule has 1 aromatic heterocycles. The predicted molar refractivity (Wildman–Crippen MR) is 106 cm³/mol. The summed E-state index contributed by atoms with van der Waals surface area (Å²) in [4.78, 5) is 24.3. The third-order valence-electron chi connectivity index (χ3n) is 5.24. The van der Waals surface area contributed by atoms with Crippen LogP contribution in [0, 0.1) is 0 Å². The van der Waals surface area contributed by atoms with Crippen molar-refractivity contribution < 1.29 is 18.7 Å². The molecule has 2 aromatic carbocycles. The van der Waals surface area contributed by atoms with Crippen LogP contribution in [0.25, 0.3) is 11.0 Å². The van der Waals surface area contributed by atoms with Gasteiger partial charge in [-0.05, 0) is 55.0 Å². The molecule has 1 heterocycles. The lowest BCUT2D eigenvalue weighted by molar-refractivity contribution is -0.148. The molecule has 1 aliphatic carbocycles. The molecule has 0 aliphatic heterocycles. The van der Waals surface area contributed by atoms with Crippen molar-refractivity contribution in [3.05, 3.63) is 71.0 Å². The fourth-order valence-corrected chi connectivity index (χ4v) is 3.75. The molecule has 0 bridgehead atoms. The second-order valence-electron chi connectivity index (χ2n) is 7.27. The lowest BCUT2D eigenvalue weighted by Crippen LogP contribution is -2.31. The molecule has 0 radical (unpaired) electrons. The van der Waals surface area contributed by atoms with E-state index in [2.05, 4.69) is 17.4 Å². The molecule has 5 heteroatoms. The largest absolute Gasteiger partial charge is 0.464 e. The molecule has 4 rings (SSSR count). The molecule has 0 saturated heterocycles. The highest BCUT2D eigenvalue weighted by molar-refractivity contribution is 5.88. The van der Waals surface area contributed by atoms with Crippen LogP contribution in [0.1, 0.15) is 41.6 Å². The van der Waals surface area contributed by atoms with Crippen LogP contribution < -0.4 is 5.32 Å². The summed E-state index contributed by atoms with van der Waals surface area (Å²) in [6.45, 7) is 1.60. The Morgan fingerprint density at radius 1 is 1.14 bits per heavy atom. The number of rotatable bonds is 6. The van der Waals surface area contributed by atoms with E-state index in [1.54, 1.807) is 6.26 Å². The van der Waals surface area contributed by atoms with E-state index >= 15 is 0 Å². The highest BCUT2D eigenvalue weighted by Crippen LogP contribution is 2.30. The van der Waals surface area contributed by atoms with Crippen LogP contribution in [0.4, 0.5) is 0 Å². The van der Waals surface area contributed by atoms with Gasteiger partial charge in [0.05, 0.1) is 18.7 Å². The number of hydrogen-bond acceptors (Lipinski definition) is 4. The van der Waals surface area contributed by atoms with Gasteiger partial charge in [0.15, 0.2) is 6.61 Å². The predicted octanol–water partition coefficient (Wildman–Crippen LogP) is 3.88. The molecule has 5 nitrogen and oxygen atoms in total. The first-order chi connectivity index (χ1) is 13.6. The van der Waals surface area contributed by atoms with Gasteiger partial charge in [0.1, 0.15) is 5.58 Å². The Balaban J connectivity index is 1.32. The summed E-state index contributed by atoms with van der Waals surface area (Å²) in [6.07, 6.45) is 5.02. The van der Waals surface area contributed by atoms with Gasteiger partial charge >= 0.3 is 5.97 Å². The molecule has 0 unspecified atom stereocenters. The first-order valence-electron chi connectivity index (χ1n) is 9.62. The minimum absolute atomic E-state index is 0.0906. The fourth-order valence-electron chi connectivity index (χ4n) is 3.75. The average Bonchev–Trinajstić information content (AvgIpc) is 3.32. The summed E-state index contributed by atoms with van der Waals surface area (Å²) in [5, 5.41) is 3.79. The van der Waals surface area contributed by atoms with E-state index in [1.807, 2.05) is 37.3 Å². The van der Waals surface area contributed by atoms with Gasteiger partial charge in [-0.15, -0.1) is 0 Å². The second kappa shape index (κ2) is 7.89. The van der Waals surface area contributed by atoms with Gasteiger partial charge in [0.2, 0.25) is 0 Å². The maximum absolute atomic E-state index is 12.2. The number of ether oxygens (including phenoxy) is 1. The third-order valence-corrected chi connectivity index (χ3v) is 5.24. The number of amides is 1. The first kappa shape index (κ1) is 18.3. The Hall–Kier alpha value is -3.08. The molecule has 0 saturated carbocycles. The van der Waals surface area contributed by atoms with Crippen molar-refractivity contribution in [2.24, 2.45) is 0 Å². The third kappa shape index (κ3) is 3.93. The maximum atomic E-state index is 12.2. The standard InChI is InChI=1S/C23H23NO4/c1-15(16-6-3-2-4-7-16)24-22(25)14-28-23(26)12-19-13-27-21-11-18-9-5-8-17(18)10-20(19)21/h2-4,6-7,10-11,13,15H,5,8-9,12,14H2,1H3,(H,24,25)/t15-/m0/s1. The van der Waals surface area contributed by atoms with Crippen molar-refractivity contribution in [2.75, 3.05) is 6.61 Å². The number of fused-ring (bicyclic) bond motifs is 2. The second-order valence-corrected chi connectivity index (χ2v) is 7.27. The van der Waals surface area contributed by atoms with E-state index in [0.29, 0.717) is 0 Å². The van der Waals surface area contributed by atoms with Gasteiger partial charge in [-0.3, -0.25) is 9.59 Å². The van der Waals surface area contributed by atoms with Crippen LogP contribution in [-0.4, -0.2) is 18.5 Å². The van der Waals surface area contributed by atoms with E-state index in [9.17, 15) is 9.59 Å². The first-order valence-corrected chi connectivity index (χ1v) is 9.62. The molecule has 1 amide bonds. The van der Waals surface area contributed by atoms with Gasteiger partial charge in [-0.1, -0.05) is 30.3 Å². The van der Waals surface area contributed by atoms with Crippen LogP contribution >= 0.6 is 0 Å². The molecule has 0 fully saturated rings. The Morgan fingerprint density at radius 2 is 1.89 bits per heavy atom. The summed E-state index contributed by atoms with van der Waals surface area (Å²) < 4.78 is 10.8. The molecule has 1 N–H and O–H groups in total. The van der Waals surface area contributed by atoms with Gasteiger partial charge in [-0.25, -0.2) is 0 Å². The molecular weight excluding hydrogens is 354 g/mol. The molecule has 1 aliphatic rings. The zero-order valence-electron chi connectivity index (χ0n) is 15.9. The Labute approximate surface area is 163 Å². The summed E-state index contributed by atoms with van der Waals surface area (Å²) in [5.41, 5.74) is 5.27. The number of benzene rings is 2. The number of hydrogen-bond donors (Lipinski definition) is 1. The quantitative estimate of drug-likeness (QED) is 0.662. The monoisotopic (exact) mass is 377 g/mol. The summed E-state index contributed by atoms with van der Waals surface area (Å²) in [6, 6.07) is 13.7. The number of esters is 1. The van der Waals surface area contributed by atoms with E-state index < -0.39 is 5.97 Å². The molecular formula is C23H23NO4. The zero-order chi connectivity index (χ0) is 19.5. The van der Waals surface area contributed by atoms with Crippen molar-refractivity contribution in [1.82, 2.24) is 5.32 Å². The van der Waals surface area contributed by atoms with Crippen molar-refractivity contribution in [1.29, 1.82) is 0 Å². The highest BCUT2D eigenvalue weighted by Gasteiger charge is 2.18. The lowest BCUT2D eigenvalue weighted by atomic mass is 10.0. The summed E-state index contributed by atoms with van der Waals surface area (Å²) in [5.74, 6) is -0.759. The molecule has 1 atom stereocenters. The average molecular weight is 377 g/mol. The van der Waals surface area contributed by atoms with E-state index in [1.165, 1.54) is 11.1 Å². The summed E-state index contributed by atoms with van der Waals surface area (Å²) in [7, 11) is 0. The van der Waals surface area contributed by atoms with Gasteiger partial charge in [-0.2, -0.15) is 0 Å². The Bertz CT molecular complexity index is 1010. The minimum Gasteiger partial charge on any atom is -0.464 e. The molecule has 28 heavy (non-hydrogen) atoms. The number of carbonyl (C=O) groups excluding carboxylic acids is 2. The van der Waals surface area contributed by atoms with Gasteiger partial charge in [0, 0.05) is 10.9 Å². The van der Waals surface area contributed by atoms with Crippen LogP contribution in [-0.2, 0) is 33.6 Å². The van der Waals surface area contributed by atoms with Gasteiger partial charge < -0.3 is 14.5 Å². The van der Waals surface area contributed by atoms with E-state index in [4.69, 9.17) is 9.15 Å². The SMILES string of the molecule is C[C@H](NC(=O)COC(=O)Cc1coc2cc3c(cc12)CCC3)c1ccccc1. The van der Waals surface area contributed by atoms with Crippen molar-refractivity contribution in [2.45, 2.75) is 38.6 Å². The fraction of sp³-hybridized carbons (Fsp3) is 0.304. The number of nitrogens with one attached hydrogen (secondary N) is 1. The topological polar surface area (TPSA) is 68.5 Å². The maximum Gasteiger partial charge on any atom is 0.310 e. The van der Waals surface area contributed by atoms with Crippen LogP contribution in [0.3, 0.4) is 0 Å². The summed E-state index contributed by atoms with van der Waals surface area (Å²) >= 11 is 0.